The molecule has 4 heteroatoms. The van der Waals surface area contributed by atoms with Crippen molar-refractivity contribution in [2.75, 3.05) is 0 Å². The van der Waals surface area contributed by atoms with Crippen LogP contribution >= 0.6 is 11.6 Å². The summed E-state index contributed by atoms with van der Waals surface area (Å²) in [6, 6.07) is 6.21. The molecule has 0 aliphatic rings. The van der Waals surface area contributed by atoms with Gasteiger partial charge in [0.15, 0.2) is 0 Å². The van der Waals surface area contributed by atoms with Gasteiger partial charge in [0.1, 0.15) is 17.4 Å². The van der Waals surface area contributed by atoms with Crippen LogP contribution in [0.25, 0.3) is 0 Å². The van der Waals surface area contributed by atoms with Crippen LogP contribution in [0.15, 0.2) is 24.3 Å². The van der Waals surface area contributed by atoms with E-state index in [2.05, 4.69) is 0 Å². The number of alkyl halides is 1. The Morgan fingerprint density at radius 2 is 2.00 bits per heavy atom. The summed E-state index contributed by atoms with van der Waals surface area (Å²) in [7, 11) is 0. The zero-order chi connectivity index (χ0) is 10.6. The lowest BCUT2D eigenvalue weighted by molar-refractivity contribution is -0.133. The molecule has 0 aliphatic carbocycles. The molecule has 1 atom stereocenters. The second-order valence-corrected chi connectivity index (χ2v) is 3.38. The van der Waals surface area contributed by atoms with E-state index in [9.17, 15) is 9.59 Å². The van der Waals surface area contributed by atoms with Crippen molar-refractivity contribution in [1.29, 1.82) is 0 Å². The molecule has 0 bridgehead atoms. The lowest BCUT2D eigenvalue weighted by Gasteiger charge is -2.04. The van der Waals surface area contributed by atoms with Crippen molar-refractivity contribution in [3.8, 4) is 5.75 Å². The van der Waals surface area contributed by atoms with Crippen molar-refractivity contribution in [1.82, 2.24) is 0 Å². The highest BCUT2D eigenvalue weighted by atomic mass is 35.5. The van der Waals surface area contributed by atoms with E-state index < -0.39 is 11.3 Å². The molecule has 1 unspecified atom stereocenters. The van der Waals surface area contributed by atoms with Gasteiger partial charge in [0.2, 0.25) is 0 Å². The minimum absolute atomic E-state index is 0.383. The Labute approximate surface area is 86.6 Å². The molecule has 0 saturated heterocycles. The fourth-order valence-electron chi connectivity index (χ4n) is 0.812. The molecule has 1 aromatic carbocycles. The molecule has 0 N–H and O–H groups in total. The van der Waals surface area contributed by atoms with Crippen LogP contribution in [-0.2, 0) is 4.79 Å². The van der Waals surface area contributed by atoms with E-state index in [0.717, 1.165) is 6.29 Å². The number of esters is 1. The minimum atomic E-state index is -0.680. The van der Waals surface area contributed by atoms with Crippen LogP contribution in [0.2, 0.25) is 0 Å². The molecule has 0 spiro atoms. The van der Waals surface area contributed by atoms with Gasteiger partial charge >= 0.3 is 5.97 Å². The number of hydrogen-bond donors (Lipinski definition) is 0. The van der Waals surface area contributed by atoms with Crippen LogP contribution < -0.4 is 4.74 Å². The number of carbonyl (C=O) groups is 2. The largest absolute Gasteiger partial charge is 0.425 e. The normalized spacial score (nSPS) is 11.9. The van der Waals surface area contributed by atoms with Crippen LogP contribution in [0, 0.1) is 0 Å². The predicted molar refractivity (Wildman–Crippen MR) is 52.8 cm³/mol. The fourth-order valence-corrected chi connectivity index (χ4v) is 0.856. The maximum absolute atomic E-state index is 11.0. The molecular weight excluding hydrogens is 204 g/mol. The summed E-state index contributed by atoms with van der Waals surface area (Å²) < 4.78 is 4.89. The molecule has 0 saturated carbocycles. The number of halogens is 1. The minimum Gasteiger partial charge on any atom is -0.425 e. The third kappa shape index (κ3) is 2.85. The molecule has 0 aromatic heterocycles. The van der Waals surface area contributed by atoms with Crippen LogP contribution in [0.5, 0.6) is 5.75 Å². The van der Waals surface area contributed by atoms with Crippen molar-refractivity contribution in [3.05, 3.63) is 29.8 Å². The standard InChI is InChI=1S/C10H9ClO3/c1-7(11)10(13)14-9-4-2-8(6-12)3-5-9/h2-7H,1H3. The zero-order valence-electron chi connectivity index (χ0n) is 7.57. The Balaban J connectivity index is 2.69. The molecule has 1 rings (SSSR count). The molecule has 74 valence electrons. The first kappa shape index (κ1) is 10.7. The zero-order valence-corrected chi connectivity index (χ0v) is 8.32. The van der Waals surface area contributed by atoms with Crippen molar-refractivity contribution >= 4 is 23.9 Å². The Bertz CT molecular complexity index is 330. The average Bonchev–Trinajstić information content (AvgIpc) is 2.19. The molecule has 0 radical (unpaired) electrons. The summed E-state index contributed by atoms with van der Waals surface area (Å²) in [5.74, 6) is -0.126. The number of carbonyl (C=O) groups excluding carboxylic acids is 2. The van der Waals surface area contributed by atoms with Gasteiger partial charge in [0.05, 0.1) is 0 Å². The van der Waals surface area contributed by atoms with Crippen LogP contribution in [-0.4, -0.2) is 17.6 Å². The van der Waals surface area contributed by atoms with Gasteiger partial charge in [-0.05, 0) is 31.2 Å². The van der Waals surface area contributed by atoms with E-state index in [0.29, 0.717) is 11.3 Å². The number of aldehydes is 1. The Kier molecular flexibility index (Phi) is 3.65. The first-order valence-electron chi connectivity index (χ1n) is 4.04. The predicted octanol–water partition coefficient (Wildman–Crippen LogP) is 2.03. The van der Waals surface area contributed by atoms with E-state index >= 15 is 0 Å². The van der Waals surface area contributed by atoms with E-state index in [4.69, 9.17) is 16.3 Å². The summed E-state index contributed by atoms with van der Waals surface area (Å²) in [4.78, 5) is 21.4. The number of hydrogen-bond acceptors (Lipinski definition) is 3. The van der Waals surface area contributed by atoms with Crippen LogP contribution in [0.1, 0.15) is 17.3 Å². The van der Waals surface area contributed by atoms with E-state index in [-0.39, 0.29) is 0 Å². The maximum Gasteiger partial charge on any atom is 0.329 e. The fraction of sp³-hybridized carbons (Fsp3) is 0.200. The highest BCUT2D eigenvalue weighted by molar-refractivity contribution is 6.29. The monoisotopic (exact) mass is 212 g/mol. The van der Waals surface area contributed by atoms with Gasteiger partial charge in [-0.25, -0.2) is 0 Å². The summed E-state index contributed by atoms with van der Waals surface area (Å²) >= 11 is 5.51. The topological polar surface area (TPSA) is 43.4 Å². The maximum atomic E-state index is 11.0. The van der Waals surface area contributed by atoms with Gasteiger partial charge in [-0.2, -0.15) is 0 Å². The van der Waals surface area contributed by atoms with Gasteiger partial charge in [-0.3, -0.25) is 9.59 Å². The van der Waals surface area contributed by atoms with Crippen molar-refractivity contribution in [2.45, 2.75) is 12.3 Å². The van der Waals surface area contributed by atoms with E-state index in [1.807, 2.05) is 0 Å². The first-order chi connectivity index (χ1) is 6.63. The first-order valence-corrected chi connectivity index (χ1v) is 4.48. The smallest absolute Gasteiger partial charge is 0.329 e. The molecule has 3 nitrogen and oxygen atoms in total. The SMILES string of the molecule is CC(Cl)C(=O)Oc1ccc(C=O)cc1. The summed E-state index contributed by atoms with van der Waals surface area (Å²) in [5.41, 5.74) is 0.531. The lowest BCUT2D eigenvalue weighted by Crippen LogP contribution is -2.17. The Morgan fingerprint density at radius 1 is 1.43 bits per heavy atom. The molecule has 0 aliphatic heterocycles. The molecule has 0 amide bonds. The van der Waals surface area contributed by atoms with Crippen LogP contribution in [0.3, 0.4) is 0 Å². The average molecular weight is 213 g/mol. The van der Waals surface area contributed by atoms with Crippen molar-refractivity contribution in [2.24, 2.45) is 0 Å². The molecule has 14 heavy (non-hydrogen) atoms. The molecule has 0 heterocycles. The second kappa shape index (κ2) is 4.77. The van der Waals surface area contributed by atoms with Gasteiger partial charge in [0, 0.05) is 5.56 Å². The lowest BCUT2D eigenvalue weighted by atomic mass is 10.2. The van der Waals surface area contributed by atoms with Gasteiger partial charge < -0.3 is 4.74 Å². The van der Waals surface area contributed by atoms with Gasteiger partial charge in [-0.15, -0.1) is 11.6 Å². The molecule has 0 fully saturated rings. The molecular formula is C10H9ClO3. The van der Waals surface area contributed by atoms with E-state index in [1.54, 1.807) is 24.3 Å². The third-order valence-corrected chi connectivity index (χ3v) is 1.74. The molecule has 1 aromatic rings. The highest BCUT2D eigenvalue weighted by Crippen LogP contribution is 2.12. The Hall–Kier alpha value is -1.35. The number of ether oxygens (including phenoxy) is 1. The number of rotatable bonds is 3. The van der Waals surface area contributed by atoms with Crippen molar-refractivity contribution < 1.29 is 14.3 Å². The highest BCUT2D eigenvalue weighted by Gasteiger charge is 2.11. The second-order valence-electron chi connectivity index (χ2n) is 2.72. The summed E-state index contributed by atoms with van der Waals surface area (Å²) in [6.07, 6.45) is 0.718. The van der Waals surface area contributed by atoms with E-state index in [1.165, 1.54) is 6.92 Å². The van der Waals surface area contributed by atoms with Gasteiger partial charge in [-0.1, -0.05) is 0 Å². The Morgan fingerprint density at radius 3 is 2.43 bits per heavy atom. The summed E-state index contributed by atoms with van der Waals surface area (Å²) in [5, 5.41) is -0.680. The van der Waals surface area contributed by atoms with Crippen LogP contribution in [0.4, 0.5) is 0 Å². The van der Waals surface area contributed by atoms with Gasteiger partial charge in [0.25, 0.3) is 0 Å². The van der Waals surface area contributed by atoms with Crippen molar-refractivity contribution in [3.63, 3.8) is 0 Å². The third-order valence-electron chi connectivity index (χ3n) is 1.56. The number of benzene rings is 1. The summed E-state index contributed by atoms with van der Waals surface area (Å²) in [6.45, 7) is 1.53. The quantitative estimate of drug-likeness (QED) is 0.333.